The van der Waals surface area contributed by atoms with E-state index in [9.17, 15) is 0 Å². The van der Waals surface area contributed by atoms with Gasteiger partial charge >= 0.3 is 0 Å². The standard InChI is InChI=1S/C17H20BrNO/c1-11-9-16(14(10-15(11)18)17(2,3)4)20-13-7-5-12(19)6-8-13/h5-10H,19H2,1-4H3. The molecule has 0 heterocycles. The van der Waals surface area contributed by atoms with Gasteiger partial charge in [-0.1, -0.05) is 36.7 Å². The normalized spacial score (nSPS) is 11.4. The molecule has 0 radical (unpaired) electrons. The van der Waals surface area contributed by atoms with Crippen molar-refractivity contribution in [3.8, 4) is 11.5 Å². The van der Waals surface area contributed by atoms with Crippen LogP contribution in [0.3, 0.4) is 0 Å². The zero-order valence-corrected chi connectivity index (χ0v) is 13.9. The molecule has 0 atom stereocenters. The Morgan fingerprint density at radius 2 is 1.65 bits per heavy atom. The molecule has 0 saturated heterocycles. The minimum atomic E-state index is 0.0133. The van der Waals surface area contributed by atoms with Crippen molar-refractivity contribution in [3.63, 3.8) is 0 Å². The lowest BCUT2D eigenvalue weighted by molar-refractivity contribution is 0.455. The van der Waals surface area contributed by atoms with Gasteiger partial charge in [0.1, 0.15) is 11.5 Å². The highest BCUT2D eigenvalue weighted by Gasteiger charge is 2.20. The smallest absolute Gasteiger partial charge is 0.131 e. The molecule has 2 N–H and O–H groups in total. The average Bonchev–Trinajstić information content (AvgIpc) is 2.35. The van der Waals surface area contributed by atoms with Gasteiger partial charge in [0.25, 0.3) is 0 Å². The van der Waals surface area contributed by atoms with Crippen molar-refractivity contribution in [2.75, 3.05) is 5.73 Å². The quantitative estimate of drug-likeness (QED) is 0.743. The molecule has 0 unspecified atom stereocenters. The van der Waals surface area contributed by atoms with Crippen LogP contribution in [0.5, 0.6) is 11.5 Å². The number of rotatable bonds is 2. The molecule has 20 heavy (non-hydrogen) atoms. The van der Waals surface area contributed by atoms with Crippen LogP contribution >= 0.6 is 15.9 Å². The van der Waals surface area contributed by atoms with Gasteiger partial charge in [-0.2, -0.15) is 0 Å². The van der Waals surface area contributed by atoms with Crippen LogP contribution in [0.15, 0.2) is 40.9 Å². The highest BCUT2D eigenvalue weighted by molar-refractivity contribution is 9.10. The van der Waals surface area contributed by atoms with E-state index in [4.69, 9.17) is 10.5 Å². The zero-order chi connectivity index (χ0) is 14.9. The summed E-state index contributed by atoms with van der Waals surface area (Å²) in [5.41, 5.74) is 8.78. The Labute approximate surface area is 129 Å². The number of nitrogens with two attached hydrogens (primary N) is 1. The van der Waals surface area contributed by atoms with E-state index in [1.54, 1.807) is 0 Å². The van der Waals surface area contributed by atoms with E-state index in [0.29, 0.717) is 0 Å². The van der Waals surface area contributed by atoms with Gasteiger partial charge in [-0.05, 0) is 54.3 Å². The van der Waals surface area contributed by atoms with Gasteiger partial charge < -0.3 is 10.5 Å². The summed E-state index contributed by atoms with van der Waals surface area (Å²) in [6.45, 7) is 8.60. The highest BCUT2D eigenvalue weighted by atomic mass is 79.9. The Bertz CT molecular complexity index is 612. The van der Waals surface area contributed by atoms with Gasteiger partial charge in [-0.3, -0.25) is 0 Å². The van der Waals surface area contributed by atoms with Gasteiger partial charge in [0, 0.05) is 15.7 Å². The van der Waals surface area contributed by atoms with Gasteiger partial charge in [0.15, 0.2) is 0 Å². The first-order valence-electron chi connectivity index (χ1n) is 6.61. The van der Waals surface area contributed by atoms with E-state index in [2.05, 4.69) is 55.8 Å². The predicted molar refractivity (Wildman–Crippen MR) is 88.5 cm³/mol. The molecule has 106 valence electrons. The molecule has 0 fully saturated rings. The van der Waals surface area contributed by atoms with Crippen LogP contribution in [-0.2, 0) is 5.41 Å². The average molecular weight is 334 g/mol. The Balaban J connectivity index is 2.44. The van der Waals surface area contributed by atoms with Crippen LogP contribution in [0.25, 0.3) is 0 Å². The first kappa shape index (κ1) is 14.9. The molecule has 0 amide bonds. The summed E-state index contributed by atoms with van der Waals surface area (Å²) in [7, 11) is 0. The fourth-order valence-corrected chi connectivity index (χ4v) is 2.33. The number of aryl methyl sites for hydroxylation is 1. The fraction of sp³-hybridized carbons (Fsp3) is 0.294. The number of hydrogen-bond acceptors (Lipinski definition) is 2. The molecule has 2 aromatic rings. The number of hydrogen-bond donors (Lipinski definition) is 1. The lowest BCUT2D eigenvalue weighted by Gasteiger charge is -2.24. The van der Waals surface area contributed by atoms with E-state index in [-0.39, 0.29) is 5.41 Å². The van der Waals surface area contributed by atoms with Gasteiger partial charge in [-0.15, -0.1) is 0 Å². The zero-order valence-electron chi connectivity index (χ0n) is 12.3. The summed E-state index contributed by atoms with van der Waals surface area (Å²) in [5, 5.41) is 0. The van der Waals surface area contributed by atoms with Gasteiger partial charge in [-0.25, -0.2) is 0 Å². The third kappa shape index (κ3) is 3.34. The lowest BCUT2D eigenvalue weighted by Crippen LogP contribution is -2.13. The fourth-order valence-electron chi connectivity index (χ4n) is 1.99. The monoisotopic (exact) mass is 333 g/mol. The number of benzene rings is 2. The SMILES string of the molecule is Cc1cc(Oc2ccc(N)cc2)c(C(C)(C)C)cc1Br. The van der Waals surface area contributed by atoms with Crippen molar-refractivity contribution in [1.29, 1.82) is 0 Å². The molecule has 3 heteroatoms. The van der Waals surface area contributed by atoms with Crippen molar-refractivity contribution in [3.05, 3.63) is 52.0 Å². The van der Waals surface area contributed by atoms with Crippen molar-refractivity contribution in [2.45, 2.75) is 33.1 Å². The van der Waals surface area contributed by atoms with Crippen molar-refractivity contribution in [1.82, 2.24) is 0 Å². The minimum Gasteiger partial charge on any atom is -0.457 e. The molecule has 0 aliphatic heterocycles. The van der Waals surface area contributed by atoms with E-state index in [1.165, 1.54) is 5.56 Å². The Hall–Kier alpha value is -1.48. The maximum atomic E-state index is 6.05. The topological polar surface area (TPSA) is 35.2 Å². The van der Waals surface area contributed by atoms with Crippen molar-refractivity contribution in [2.24, 2.45) is 0 Å². The number of ether oxygens (including phenoxy) is 1. The maximum Gasteiger partial charge on any atom is 0.131 e. The summed E-state index contributed by atoms with van der Waals surface area (Å²) in [6.07, 6.45) is 0. The molecule has 2 nitrogen and oxygen atoms in total. The van der Waals surface area contributed by atoms with Crippen LogP contribution in [-0.4, -0.2) is 0 Å². The number of nitrogen functional groups attached to an aromatic ring is 1. The Kier molecular flexibility index (Phi) is 4.09. The van der Waals surface area contributed by atoms with Crippen LogP contribution < -0.4 is 10.5 Å². The van der Waals surface area contributed by atoms with Gasteiger partial charge in [0.2, 0.25) is 0 Å². The minimum absolute atomic E-state index is 0.0133. The lowest BCUT2D eigenvalue weighted by atomic mass is 9.86. The van der Waals surface area contributed by atoms with Crippen molar-refractivity contribution >= 4 is 21.6 Å². The third-order valence-electron chi connectivity index (χ3n) is 3.18. The van der Waals surface area contributed by atoms with E-state index >= 15 is 0 Å². The Morgan fingerprint density at radius 3 is 2.20 bits per heavy atom. The Morgan fingerprint density at radius 1 is 1.05 bits per heavy atom. The first-order valence-corrected chi connectivity index (χ1v) is 7.40. The second kappa shape index (κ2) is 5.49. The van der Waals surface area contributed by atoms with Crippen LogP contribution in [0.4, 0.5) is 5.69 Å². The molecular weight excluding hydrogens is 314 g/mol. The molecule has 2 rings (SSSR count). The van der Waals surface area contributed by atoms with E-state index in [0.717, 1.165) is 27.2 Å². The van der Waals surface area contributed by atoms with E-state index < -0.39 is 0 Å². The molecule has 0 aliphatic rings. The predicted octanol–water partition coefficient (Wildman–Crippen LogP) is 5.43. The molecule has 0 aliphatic carbocycles. The number of anilines is 1. The molecule has 0 bridgehead atoms. The summed E-state index contributed by atoms with van der Waals surface area (Å²) in [4.78, 5) is 0. The molecule has 0 saturated carbocycles. The second-order valence-electron chi connectivity index (χ2n) is 6.02. The van der Waals surface area contributed by atoms with Crippen LogP contribution in [0.2, 0.25) is 0 Å². The summed E-state index contributed by atoms with van der Waals surface area (Å²) < 4.78 is 7.15. The second-order valence-corrected chi connectivity index (χ2v) is 6.87. The molecular formula is C17H20BrNO. The van der Waals surface area contributed by atoms with Crippen molar-refractivity contribution < 1.29 is 4.74 Å². The number of halogens is 1. The highest BCUT2D eigenvalue weighted by Crippen LogP contribution is 2.37. The van der Waals surface area contributed by atoms with E-state index in [1.807, 2.05) is 24.3 Å². The molecule has 0 aromatic heterocycles. The third-order valence-corrected chi connectivity index (χ3v) is 4.03. The summed E-state index contributed by atoms with van der Waals surface area (Å²) in [5.74, 6) is 1.69. The summed E-state index contributed by atoms with van der Waals surface area (Å²) >= 11 is 3.60. The summed E-state index contributed by atoms with van der Waals surface area (Å²) in [6, 6.07) is 11.7. The first-order chi connectivity index (χ1) is 9.27. The maximum absolute atomic E-state index is 6.05. The largest absolute Gasteiger partial charge is 0.457 e. The molecule has 0 spiro atoms. The van der Waals surface area contributed by atoms with Crippen LogP contribution in [0.1, 0.15) is 31.9 Å². The van der Waals surface area contributed by atoms with Crippen LogP contribution in [0, 0.1) is 6.92 Å². The van der Waals surface area contributed by atoms with Gasteiger partial charge in [0.05, 0.1) is 0 Å². The molecule has 2 aromatic carbocycles.